The zero-order valence-corrected chi connectivity index (χ0v) is 27.3. The minimum absolute atomic E-state index is 0.0432. The summed E-state index contributed by atoms with van der Waals surface area (Å²) in [6.07, 6.45) is -7.83. The number of rotatable bonds is 9. The number of halogens is 1. The fourth-order valence-electron chi connectivity index (χ4n) is 7.31. The van der Waals surface area contributed by atoms with E-state index in [2.05, 4.69) is 5.32 Å². The number of hydrogen-bond acceptors (Lipinski definition) is 9. The smallest absolute Gasteiger partial charge is 0.256 e. The van der Waals surface area contributed by atoms with Crippen molar-refractivity contribution < 1.29 is 48.7 Å². The van der Waals surface area contributed by atoms with Crippen molar-refractivity contribution >= 4 is 25.9 Å². The standard InChI is InChI=1S/C33H45FN2O9Si/c1-18-24(12-11-19-7-6-10-22(13-19)35-32(42)30-28(40)27(39)29(41)33(43)45-30)44-25(31(18)46(2,3)34)15-26(38)36-16-21-9-5-4-8-20(21)14-23(36)17-37/h4-10,13,18,23-25,27-31,33,37,39-41,43H,11-12,14-17H2,1-3H3,(H,35,42)/t18-,23+,24+,25-,27+,28+,29-,30+,31+,33-/m1/s1. The molecule has 252 valence electrons. The van der Waals surface area contributed by atoms with E-state index in [0.717, 1.165) is 16.7 Å². The van der Waals surface area contributed by atoms with Gasteiger partial charge in [-0.1, -0.05) is 43.3 Å². The third kappa shape index (κ3) is 7.36. The molecule has 0 aliphatic carbocycles. The van der Waals surface area contributed by atoms with E-state index in [1.165, 1.54) is 0 Å². The Labute approximate surface area is 269 Å². The molecule has 3 aliphatic heterocycles. The number of hydrogen-bond donors (Lipinski definition) is 6. The summed E-state index contributed by atoms with van der Waals surface area (Å²) in [5.41, 5.74) is 3.04. The normalized spacial score (nSPS) is 33.0. The molecule has 0 aromatic heterocycles. The Morgan fingerprint density at radius 2 is 1.70 bits per heavy atom. The zero-order chi connectivity index (χ0) is 33.3. The number of carbonyl (C=O) groups is 2. The van der Waals surface area contributed by atoms with Gasteiger partial charge in [0.2, 0.25) is 14.3 Å². The van der Waals surface area contributed by atoms with Crippen LogP contribution in [0.1, 0.15) is 36.5 Å². The molecule has 2 aromatic rings. The maximum atomic E-state index is 15.8. The van der Waals surface area contributed by atoms with Crippen LogP contribution in [-0.4, -0.2) is 106 Å². The summed E-state index contributed by atoms with van der Waals surface area (Å²) in [6, 6.07) is 14.5. The number of anilines is 1. The molecule has 13 heteroatoms. The van der Waals surface area contributed by atoms with Crippen LogP contribution in [0.15, 0.2) is 48.5 Å². The first-order valence-corrected chi connectivity index (χ1v) is 18.8. The predicted octanol–water partition coefficient (Wildman–Crippen LogP) is 1.64. The molecule has 2 aromatic carbocycles. The van der Waals surface area contributed by atoms with Crippen LogP contribution in [-0.2, 0) is 38.4 Å². The van der Waals surface area contributed by atoms with Gasteiger partial charge in [-0.05, 0) is 67.1 Å². The fourth-order valence-corrected chi connectivity index (χ4v) is 9.86. The quantitative estimate of drug-likeness (QED) is 0.173. The number of aliphatic hydroxyl groups excluding tert-OH is 5. The Morgan fingerprint density at radius 1 is 0.978 bits per heavy atom. The van der Waals surface area contributed by atoms with E-state index in [0.29, 0.717) is 31.5 Å². The molecular weight excluding hydrogens is 615 g/mol. The fraction of sp³-hybridized carbons (Fsp3) is 0.576. The van der Waals surface area contributed by atoms with Crippen LogP contribution in [0.4, 0.5) is 9.80 Å². The summed E-state index contributed by atoms with van der Waals surface area (Å²) >= 11 is 0. The van der Waals surface area contributed by atoms with Crippen LogP contribution >= 0.6 is 0 Å². The van der Waals surface area contributed by atoms with E-state index in [1.807, 2.05) is 37.3 Å². The first kappa shape index (κ1) is 34.6. The third-order valence-corrected chi connectivity index (χ3v) is 12.2. The van der Waals surface area contributed by atoms with Crippen LogP contribution < -0.4 is 5.32 Å². The van der Waals surface area contributed by atoms with Crippen molar-refractivity contribution in [3.8, 4) is 0 Å². The number of fused-ring (bicyclic) bond motifs is 1. The van der Waals surface area contributed by atoms with Crippen molar-refractivity contribution in [2.24, 2.45) is 5.92 Å². The number of benzene rings is 2. The minimum atomic E-state index is -3.24. The van der Waals surface area contributed by atoms with Gasteiger partial charge in [0.05, 0.1) is 31.3 Å². The van der Waals surface area contributed by atoms with Crippen LogP contribution in [0.2, 0.25) is 18.6 Å². The second-order valence-corrected chi connectivity index (χ2v) is 17.1. The highest BCUT2D eigenvalue weighted by Gasteiger charge is 2.52. The zero-order valence-electron chi connectivity index (χ0n) is 26.3. The van der Waals surface area contributed by atoms with Gasteiger partial charge in [0.1, 0.15) is 18.3 Å². The molecule has 2 fully saturated rings. The van der Waals surface area contributed by atoms with Crippen molar-refractivity contribution in [2.45, 2.75) is 107 Å². The molecule has 11 nitrogen and oxygen atoms in total. The van der Waals surface area contributed by atoms with Crippen molar-refractivity contribution in [3.05, 3.63) is 65.2 Å². The predicted molar refractivity (Wildman–Crippen MR) is 169 cm³/mol. The van der Waals surface area contributed by atoms with E-state index in [1.54, 1.807) is 36.2 Å². The van der Waals surface area contributed by atoms with Crippen molar-refractivity contribution in [2.75, 3.05) is 11.9 Å². The van der Waals surface area contributed by atoms with Crippen LogP contribution in [0.3, 0.4) is 0 Å². The lowest BCUT2D eigenvalue weighted by atomic mass is 9.93. The maximum Gasteiger partial charge on any atom is 0.256 e. The number of carbonyl (C=O) groups excluding carboxylic acids is 2. The average molecular weight is 661 g/mol. The van der Waals surface area contributed by atoms with Crippen molar-refractivity contribution in [1.82, 2.24) is 4.90 Å². The van der Waals surface area contributed by atoms with E-state index in [4.69, 9.17) is 9.47 Å². The molecule has 0 radical (unpaired) electrons. The van der Waals surface area contributed by atoms with Crippen LogP contribution in [0.25, 0.3) is 0 Å². The largest absolute Gasteiger partial charge is 0.394 e. The molecule has 2 saturated heterocycles. The lowest BCUT2D eigenvalue weighted by Gasteiger charge is -2.37. The van der Waals surface area contributed by atoms with Crippen molar-refractivity contribution in [1.29, 1.82) is 0 Å². The topological polar surface area (TPSA) is 169 Å². The molecule has 46 heavy (non-hydrogen) atoms. The number of amides is 2. The Hall–Kier alpha value is -2.75. The molecular formula is C33H45FN2O9Si. The minimum Gasteiger partial charge on any atom is -0.394 e. The summed E-state index contributed by atoms with van der Waals surface area (Å²) in [5.74, 6) is -1.07. The summed E-state index contributed by atoms with van der Waals surface area (Å²) in [4.78, 5) is 28.1. The van der Waals surface area contributed by atoms with Gasteiger partial charge in [0, 0.05) is 17.8 Å². The van der Waals surface area contributed by atoms with Gasteiger partial charge in [0.15, 0.2) is 12.4 Å². The summed E-state index contributed by atoms with van der Waals surface area (Å²) in [5, 5.41) is 52.2. The highest BCUT2D eigenvalue weighted by atomic mass is 28.4. The molecule has 6 N–H and O–H groups in total. The summed E-state index contributed by atoms with van der Waals surface area (Å²) in [7, 11) is -3.24. The molecule has 10 atom stereocenters. The van der Waals surface area contributed by atoms with Crippen molar-refractivity contribution in [3.63, 3.8) is 0 Å². The molecule has 0 spiro atoms. The number of nitrogens with zero attached hydrogens (tertiary/aromatic N) is 1. The second kappa shape index (κ2) is 14.2. The van der Waals surface area contributed by atoms with Gasteiger partial charge in [-0.25, -0.2) is 0 Å². The highest BCUT2D eigenvalue weighted by Crippen LogP contribution is 2.47. The Morgan fingerprint density at radius 3 is 2.39 bits per heavy atom. The molecule has 5 rings (SSSR count). The summed E-state index contributed by atoms with van der Waals surface area (Å²) in [6.45, 7) is 5.53. The third-order valence-electron chi connectivity index (χ3n) is 9.72. The highest BCUT2D eigenvalue weighted by molar-refractivity contribution is 6.72. The molecule has 3 aliphatic rings. The Bertz CT molecular complexity index is 1390. The first-order valence-electron chi connectivity index (χ1n) is 15.9. The average Bonchev–Trinajstić information content (AvgIpc) is 3.34. The molecule has 0 bridgehead atoms. The lowest BCUT2D eigenvalue weighted by molar-refractivity contribution is -0.274. The van der Waals surface area contributed by atoms with Gasteiger partial charge in [-0.2, -0.15) is 0 Å². The van der Waals surface area contributed by atoms with Crippen LogP contribution in [0.5, 0.6) is 0 Å². The van der Waals surface area contributed by atoms with E-state index >= 15 is 4.11 Å². The van der Waals surface area contributed by atoms with Gasteiger partial charge < -0.3 is 49.3 Å². The number of nitrogens with one attached hydrogen (secondary N) is 1. The molecule has 3 heterocycles. The van der Waals surface area contributed by atoms with Gasteiger partial charge >= 0.3 is 0 Å². The second-order valence-electron chi connectivity index (χ2n) is 13.3. The molecule has 2 amide bonds. The number of aliphatic hydroxyl groups is 5. The Balaban J connectivity index is 1.22. The van der Waals surface area contributed by atoms with Gasteiger partial charge in [-0.3, -0.25) is 9.59 Å². The van der Waals surface area contributed by atoms with E-state index < -0.39 is 51.1 Å². The monoisotopic (exact) mass is 660 g/mol. The van der Waals surface area contributed by atoms with E-state index in [9.17, 15) is 35.1 Å². The van der Waals surface area contributed by atoms with Crippen LogP contribution in [0, 0.1) is 5.92 Å². The maximum absolute atomic E-state index is 15.8. The van der Waals surface area contributed by atoms with E-state index in [-0.39, 0.29) is 42.5 Å². The summed E-state index contributed by atoms with van der Waals surface area (Å²) < 4.78 is 27.2. The molecule has 0 unspecified atom stereocenters. The molecule has 0 saturated carbocycles. The number of aryl methyl sites for hydroxylation is 1. The van der Waals surface area contributed by atoms with Gasteiger partial charge in [-0.15, -0.1) is 0 Å². The van der Waals surface area contributed by atoms with Gasteiger partial charge in [0.25, 0.3) is 5.91 Å². The first-order chi connectivity index (χ1) is 21.8. The SMILES string of the molecule is C[C@H]1[C@H]([Si](C)(C)F)[C@@H](CC(=O)N2Cc3ccccc3C[C@H]2CO)O[C@H]1CCc1cccc(NC(=O)[C@H]2O[C@@H](O)[C@H](O)[C@@H](O)[C@@H]2O)c1. The lowest BCUT2D eigenvalue weighted by Crippen LogP contribution is -2.60. The number of ether oxygens (including phenoxy) is 2. The Kier molecular flexibility index (Phi) is 10.6.